The molecule has 1 aromatic carbocycles. The molecule has 0 aromatic heterocycles. The summed E-state index contributed by atoms with van der Waals surface area (Å²) in [7, 11) is -2.83. The minimum Gasteiger partial charge on any atom is -0.478 e. The van der Waals surface area contributed by atoms with Gasteiger partial charge in [0.2, 0.25) is 0 Å². The number of hydrogen-bond donors (Lipinski definition) is 2. The summed E-state index contributed by atoms with van der Waals surface area (Å²) in [5.41, 5.74) is 4.19. The number of benzene rings is 1. The van der Waals surface area contributed by atoms with Crippen molar-refractivity contribution in [3.05, 3.63) is 54.1 Å². The van der Waals surface area contributed by atoms with Gasteiger partial charge in [0.1, 0.15) is 0 Å². The van der Waals surface area contributed by atoms with Crippen LogP contribution in [0.25, 0.3) is 5.57 Å². The van der Waals surface area contributed by atoms with Crippen molar-refractivity contribution in [1.82, 2.24) is 10.2 Å². The van der Waals surface area contributed by atoms with Crippen molar-refractivity contribution in [2.75, 3.05) is 37.7 Å². The average molecular weight is 767 g/mol. The van der Waals surface area contributed by atoms with E-state index in [1.54, 1.807) is 18.2 Å². The van der Waals surface area contributed by atoms with Gasteiger partial charge in [-0.05, 0) is 133 Å². The van der Waals surface area contributed by atoms with Crippen LogP contribution in [-0.2, 0) is 9.84 Å². The smallest absolute Gasteiger partial charge is 0.335 e. The van der Waals surface area contributed by atoms with Crippen molar-refractivity contribution in [3.63, 3.8) is 0 Å². The molecule has 8 atom stereocenters. The number of carboxylic acids is 1. The molecule has 0 amide bonds. The summed E-state index contributed by atoms with van der Waals surface area (Å²) in [4.78, 5) is 13.9. The van der Waals surface area contributed by atoms with Crippen molar-refractivity contribution in [1.29, 1.82) is 0 Å². The predicted molar refractivity (Wildman–Crippen MR) is 229 cm³/mol. The molecule has 1 heterocycles. The van der Waals surface area contributed by atoms with Gasteiger partial charge in [-0.1, -0.05) is 99.4 Å². The summed E-state index contributed by atoms with van der Waals surface area (Å²) >= 11 is 0. The van der Waals surface area contributed by atoms with E-state index in [-0.39, 0.29) is 16.4 Å². The maximum Gasteiger partial charge on any atom is 0.335 e. The first-order chi connectivity index (χ1) is 25.5. The number of hydrogen-bond acceptors (Lipinski definition) is 5. The van der Waals surface area contributed by atoms with E-state index >= 15 is 0 Å². The molecule has 54 heavy (non-hydrogen) atoms. The van der Waals surface area contributed by atoms with E-state index in [1.165, 1.54) is 75.3 Å². The Labute approximate surface area is 331 Å². The number of allylic oxidation sites excluding steroid dienone is 3. The first-order valence-corrected chi connectivity index (χ1v) is 23.6. The summed E-state index contributed by atoms with van der Waals surface area (Å²) in [5, 5.41) is 13.6. The number of sulfone groups is 1. The lowest BCUT2D eigenvalue weighted by Crippen LogP contribution is -2.67. The Hall–Kier alpha value is -1.96. The van der Waals surface area contributed by atoms with E-state index in [9.17, 15) is 18.3 Å². The van der Waals surface area contributed by atoms with Crippen molar-refractivity contribution in [2.24, 2.45) is 45.3 Å². The fourth-order valence-electron chi connectivity index (χ4n) is 13.2. The van der Waals surface area contributed by atoms with Crippen LogP contribution in [-0.4, -0.2) is 67.6 Å². The van der Waals surface area contributed by atoms with Crippen LogP contribution in [0.15, 0.2) is 43.0 Å². The first kappa shape index (κ1) is 44.8. The molecular formula is C47H78N2O4S. The van der Waals surface area contributed by atoms with Crippen LogP contribution >= 0.6 is 0 Å². The molecule has 0 bridgehead atoms. The van der Waals surface area contributed by atoms with Gasteiger partial charge in [0.25, 0.3) is 0 Å². The normalized spacial score (nSPS) is 37.3. The lowest BCUT2D eigenvalue weighted by Gasteiger charge is -2.72. The SMILES string of the molecule is C=CC.CC.CC1(C)C(c2ccc(C(=O)O)cc2)=CCC2(C)C1CCC1(C)C2CCC2C3CCCC3(NCCN3CCS(=O)(=O)CC3)CC[C@]21C.CCC. The van der Waals surface area contributed by atoms with Crippen molar-refractivity contribution < 1.29 is 18.3 Å². The zero-order valence-corrected chi connectivity index (χ0v) is 36.8. The molecule has 1 aliphatic heterocycles. The highest BCUT2D eigenvalue weighted by Crippen LogP contribution is 2.76. The number of carbonyl (C=O) groups is 1. The van der Waals surface area contributed by atoms with Gasteiger partial charge in [-0.3, -0.25) is 0 Å². The minimum absolute atomic E-state index is 0.0342. The summed E-state index contributed by atoms with van der Waals surface area (Å²) in [6.07, 6.45) is 18.5. The summed E-state index contributed by atoms with van der Waals surface area (Å²) < 4.78 is 23.9. The molecule has 306 valence electrons. The van der Waals surface area contributed by atoms with Crippen LogP contribution in [0.1, 0.15) is 156 Å². The Kier molecular flexibility index (Phi) is 14.6. The van der Waals surface area contributed by atoms with Crippen molar-refractivity contribution in [3.8, 4) is 0 Å². The fraction of sp³-hybridized carbons (Fsp3) is 0.766. The molecule has 7 heteroatoms. The van der Waals surface area contributed by atoms with Crippen LogP contribution in [0.4, 0.5) is 0 Å². The summed E-state index contributed by atoms with van der Waals surface area (Å²) in [5.74, 6) is 2.61. The third-order valence-electron chi connectivity index (χ3n) is 15.7. The third-order valence-corrected chi connectivity index (χ3v) is 17.3. The highest BCUT2D eigenvalue weighted by Gasteiger charge is 2.69. The van der Waals surface area contributed by atoms with E-state index in [4.69, 9.17) is 0 Å². The molecule has 1 saturated heterocycles. The molecule has 2 N–H and O–H groups in total. The number of nitrogens with zero attached hydrogens (tertiary/aromatic N) is 1. The standard InChI is InChI=1S/C39H58N2O4S.C3H8.C3H6.C2H6/c1-35(2)29(27-8-10-28(11-9-27)34(42)43)14-17-36(3)32(35)15-18-38(5)33(36)13-12-30-31-7-6-16-39(31,20-19-37(30,38)4)40-21-22-41-23-25-46(44,45)26-24-41;2*1-3-2;1-2/h8-11,14,30-33,40H,6-7,12-13,15-26H2,1-5H3,(H,42,43);3H2,1-2H3;3H,1H2,2H3;1-2H3/t30?,31?,32?,33?,36?,37-,38?,39?;;;/m1.../s1. The highest BCUT2D eigenvalue weighted by molar-refractivity contribution is 7.91. The molecule has 0 spiro atoms. The molecule has 7 unspecified atom stereocenters. The van der Waals surface area contributed by atoms with Gasteiger partial charge in [0.15, 0.2) is 9.84 Å². The van der Waals surface area contributed by atoms with Crippen LogP contribution in [0.3, 0.4) is 0 Å². The molecule has 5 fully saturated rings. The van der Waals surface area contributed by atoms with Crippen molar-refractivity contribution >= 4 is 21.4 Å². The average Bonchev–Trinajstić information content (AvgIpc) is 3.55. The van der Waals surface area contributed by atoms with Crippen LogP contribution in [0.5, 0.6) is 0 Å². The Balaban J connectivity index is 0.000000752. The van der Waals surface area contributed by atoms with E-state index in [1.807, 2.05) is 32.9 Å². The highest BCUT2D eigenvalue weighted by atomic mass is 32.2. The third kappa shape index (κ3) is 8.21. The molecule has 6 aliphatic rings. The Bertz CT molecular complexity index is 1550. The van der Waals surface area contributed by atoms with Gasteiger partial charge >= 0.3 is 5.97 Å². The molecule has 5 aliphatic carbocycles. The maximum atomic E-state index is 11.9. The minimum atomic E-state index is -2.83. The first-order valence-electron chi connectivity index (χ1n) is 21.8. The number of rotatable bonds is 6. The van der Waals surface area contributed by atoms with Gasteiger partial charge in [-0.15, -0.1) is 6.58 Å². The number of carboxylic acid groups (broad SMARTS) is 1. The van der Waals surface area contributed by atoms with Gasteiger partial charge in [0, 0.05) is 31.7 Å². The zero-order valence-electron chi connectivity index (χ0n) is 36.0. The lowest BCUT2D eigenvalue weighted by atomic mass is 9.33. The second-order valence-electron chi connectivity index (χ2n) is 18.8. The quantitative estimate of drug-likeness (QED) is 0.280. The second-order valence-corrected chi connectivity index (χ2v) is 21.1. The molecule has 1 aromatic rings. The van der Waals surface area contributed by atoms with E-state index in [0.717, 1.165) is 31.3 Å². The molecule has 4 saturated carbocycles. The largest absolute Gasteiger partial charge is 0.478 e. The topological polar surface area (TPSA) is 86.7 Å². The molecular weight excluding hydrogens is 689 g/mol. The van der Waals surface area contributed by atoms with Gasteiger partial charge in [-0.2, -0.15) is 0 Å². The van der Waals surface area contributed by atoms with E-state index in [0.29, 0.717) is 52.8 Å². The second kappa shape index (κ2) is 17.7. The maximum absolute atomic E-state index is 11.9. The summed E-state index contributed by atoms with van der Waals surface area (Å²) in [6.45, 7) is 29.8. The fourth-order valence-corrected chi connectivity index (χ4v) is 14.5. The summed E-state index contributed by atoms with van der Waals surface area (Å²) in [6, 6.07) is 7.59. The lowest BCUT2D eigenvalue weighted by molar-refractivity contribution is -0.217. The van der Waals surface area contributed by atoms with Crippen LogP contribution < -0.4 is 5.32 Å². The van der Waals surface area contributed by atoms with Crippen LogP contribution in [0.2, 0.25) is 0 Å². The molecule has 6 nitrogen and oxygen atoms in total. The number of nitrogens with one attached hydrogen (secondary N) is 1. The van der Waals surface area contributed by atoms with Crippen LogP contribution in [0, 0.1) is 45.3 Å². The zero-order chi connectivity index (χ0) is 40.2. The van der Waals surface area contributed by atoms with Crippen molar-refractivity contribution in [2.45, 2.75) is 145 Å². The van der Waals surface area contributed by atoms with Gasteiger partial charge < -0.3 is 15.3 Å². The Morgan fingerprint density at radius 2 is 1.50 bits per heavy atom. The Morgan fingerprint density at radius 1 is 0.889 bits per heavy atom. The van der Waals surface area contributed by atoms with Gasteiger partial charge in [0.05, 0.1) is 17.1 Å². The van der Waals surface area contributed by atoms with E-state index < -0.39 is 15.8 Å². The van der Waals surface area contributed by atoms with E-state index in [2.05, 4.69) is 71.3 Å². The monoisotopic (exact) mass is 767 g/mol. The Morgan fingerprint density at radius 3 is 2.09 bits per heavy atom. The number of fused-ring (bicyclic) bond motifs is 7. The molecule has 0 radical (unpaired) electrons. The predicted octanol–water partition coefficient (Wildman–Crippen LogP) is 10.9. The van der Waals surface area contributed by atoms with Gasteiger partial charge in [-0.25, -0.2) is 13.2 Å². The molecule has 7 rings (SSSR count). The number of aromatic carboxylic acids is 1.